The fourth-order valence-corrected chi connectivity index (χ4v) is 3.35. The Labute approximate surface area is 129 Å². The zero-order chi connectivity index (χ0) is 15.6. The Kier molecular flexibility index (Phi) is 4.88. The van der Waals surface area contributed by atoms with Crippen molar-refractivity contribution in [3.8, 4) is 0 Å². The van der Waals surface area contributed by atoms with Gasteiger partial charge in [-0.25, -0.2) is 12.7 Å². The highest BCUT2D eigenvalue weighted by molar-refractivity contribution is 7.89. The molecule has 1 aliphatic rings. The van der Waals surface area contributed by atoms with Crippen LogP contribution in [0.3, 0.4) is 0 Å². The molecule has 2 rings (SSSR count). The zero-order valence-electron chi connectivity index (χ0n) is 11.8. The highest BCUT2D eigenvalue weighted by atomic mass is 35.5. The van der Waals surface area contributed by atoms with E-state index in [1.54, 1.807) is 6.07 Å². The number of ether oxygens (including phenoxy) is 1. The summed E-state index contributed by atoms with van der Waals surface area (Å²) >= 11 is 5.95. The predicted octanol–water partition coefficient (Wildman–Crippen LogP) is 1.57. The maximum atomic E-state index is 12.2. The topological polar surface area (TPSA) is 75.7 Å². The summed E-state index contributed by atoms with van der Waals surface area (Å²) in [4.78, 5) is 12.0. The maximum Gasteiger partial charge on any atom is 0.244 e. The van der Waals surface area contributed by atoms with Gasteiger partial charge in [0.15, 0.2) is 0 Å². The van der Waals surface area contributed by atoms with Crippen LogP contribution in [0.2, 0.25) is 5.02 Å². The van der Waals surface area contributed by atoms with Gasteiger partial charge in [0.2, 0.25) is 15.9 Å². The van der Waals surface area contributed by atoms with Gasteiger partial charge < -0.3 is 10.1 Å². The van der Waals surface area contributed by atoms with E-state index >= 15 is 0 Å². The largest absolute Gasteiger partial charge is 0.381 e. The summed E-state index contributed by atoms with van der Waals surface area (Å²) in [7, 11) is -0.813. The van der Waals surface area contributed by atoms with Gasteiger partial charge in [0.1, 0.15) is 4.90 Å². The molecule has 1 aliphatic heterocycles. The van der Waals surface area contributed by atoms with Crippen LogP contribution in [-0.2, 0) is 19.6 Å². The minimum absolute atomic E-state index is 0.0327. The molecule has 0 aliphatic carbocycles. The Balaban J connectivity index is 2.24. The molecule has 0 radical (unpaired) electrons. The average molecular weight is 333 g/mol. The minimum atomic E-state index is -3.66. The van der Waals surface area contributed by atoms with E-state index in [1.165, 1.54) is 26.2 Å². The second-order valence-corrected chi connectivity index (χ2v) is 7.51. The molecule has 6 nitrogen and oxygen atoms in total. The first kappa shape index (κ1) is 16.2. The van der Waals surface area contributed by atoms with Crippen LogP contribution in [0.4, 0.5) is 5.69 Å². The van der Waals surface area contributed by atoms with Crippen LogP contribution in [0.5, 0.6) is 0 Å². The lowest BCUT2D eigenvalue weighted by molar-refractivity contribution is -0.119. The van der Waals surface area contributed by atoms with Gasteiger partial charge in [0.05, 0.1) is 17.5 Å². The van der Waals surface area contributed by atoms with Gasteiger partial charge in [0.25, 0.3) is 0 Å². The molecule has 0 aromatic heterocycles. The van der Waals surface area contributed by atoms with E-state index in [0.717, 1.165) is 4.31 Å². The number of halogens is 1. The van der Waals surface area contributed by atoms with E-state index in [-0.39, 0.29) is 21.7 Å². The van der Waals surface area contributed by atoms with Crippen molar-refractivity contribution >= 4 is 33.2 Å². The standard InChI is InChI=1S/C13H17ClN2O4S/c1-16(2)21(18,19)12-7-10(3-4-11(12)14)15-13(17)9-5-6-20-8-9/h3-4,7,9H,5-6,8H2,1-2H3,(H,15,17). The van der Waals surface area contributed by atoms with Gasteiger partial charge in [-0.1, -0.05) is 11.6 Å². The molecule has 0 saturated carbocycles. The number of nitrogens with one attached hydrogen (secondary N) is 1. The van der Waals surface area contributed by atoms with Crippen molar-refractivity contribution in [1.29, 1.82) is 0 Å². The number of rotatable bonds is 4. The molecule has 1 amide bonds. The number of carbonyl (C=O) groups is 1. The first-order valence-corrected chi connectivity index (χ1v) is 8.25. The lowest BCUT2D eigenvalue weighted by Gasteiger charge is -2.15. The van der Waals surface area contributed by atoms with E-state index < -0.39 is 10.0 Å². The van der Waals surface area contributed by atoms with Crippen molar-refractivity contribution < 1.29 is 17.9 Å². The minimum Gasteiger partial charge on any atom is -0.381 e. The fraction of sp³-hybridized carbons (Fsp3) is 0.462. The van der Waals surface area contributed by atoms with Gasteiger partial charge in [-0.05, 0) is 24.6 Å². The van der Waals surface area contributed by atoms with Crippen molar-refractivity contribution in [1.82, 2.24) is 4.31 Å². The van der Waals surface area contributed by atoms with Crippen molar-refractivity contribution in [3.05, 3.63) is 23.2 Å². The van der Waals surface area contributed by atoms with Crippen LogP contribution in [0, 0.1) is 5.92 Å². The Morgan fingerprint density at radius 3 is 2.71 bits per heavy atom. The van der Waals surface area contributed by atoms with Crippen LogP contribution in [0.25, 0.3) is 0 Å². The van der Waals surface area contributed by atoms with Crippen LogP contribution >= 0.6 is 11.6 Å². The first-order chi connectivity index (χ1) is 9.82. The number of benzene rings is 1. The predicted molar refractivity (Wildman–Crippen MR) is 79.9 cm³/mol. The van der Waals surface area contributed by atoms with Crippen molar-refractivity contribution in [3.63, 3.8) is 0 Å². The van der Waals surface area contributed by atoms with Crippen molar-refractivity contribution in [2.45, 2.75) is 11.3 Å². The number of nitrogens with zero attached hydrogens (tertiary/aromatic N) is 1. The molecule has 1 fully saturated rings. The summed E-state index contributed by atoms with van der Waals surface area (Å²) in [5, 5.41) is 2.82. The third-order valence-electron chi connectivity index (χ3n) is 3.26. The molecule has 1 heterocycles. The average Bonchev–Trinajstić information content (AvgIpc) is 2.94. The second-order valence-electron chi connectivity index (χ2n) is 4.98. The van der Waals surface area contributed by atoms with Crippen LogP contribution in [0.15, 0.2) is 23.1 Å². The maximum absolute atomic E-state index is 12.2. The second kappa shape index (κ2) is 6.31. The van der Waals surface area contributed by atoms with Gasteiger partial charge in [-0.3, -0.25) is 4.79 Å². The molecule has 1 aromatic carbocycles. The molecule has 1 saturated heterocycles. The smallest absolute Gasteiger partial charge is 0.244 e. The van der Waals surface area contributed by atoms with E-state index in [1.807, 2.05) is 0 Å². The third-order valence-corrected chi connectivity index (χ3v) is 5.55. The van der Waals surface area contributed by atoms with Gasteiger partial charge in [0, 0.05) is 26.4 Å². The van der Waals surface area contributed by atoms with Gasteiger partial charge >= 0.3 is 0 Å². The molecule has 21 heavy (non-hydrogen) atoms. The fourth-order valence-electron chi connectivity index (χ4n) is 1.96. The molecule has 0 bridgehead atoms. The van der Waals surface area contributed by atoms with Crippen molar-refractivity contribution in [2.24, 2.45) is 5.92 Å². The van der Waals surface area contributed by atoms with E-state index in [2.05, 4.69) is 5.32 Å². The molecule has 1 N–H and O–H groups in total. The van der Waals surface area contributed by atoms with Gasteiger partial charge in [-0.15, -0.1) is 0 Å². The number of amides is 1. The summed E-state index contributed by atoms with van der Waals surface area (Å²) in [6.45, 7) is 0.960. The molecule has 8 heteroatoms. The number of sulfonamides is 1. The first-order valence-electron chi connectivity index (χ1n) is 6.43. The molecule has 1 aromatic rings. The quantitative estimate of drug-likeness (QED) is 0.908. The summed E-state index contributed by atoms with van der Waals surface area (Å²) in [5.74, 6) is -0.377. The van der Waals surface area contributed by atoms with Crippen molar-refractivity contribution in [2.75, 3.05) is 32.6 Å². The van der Waals surface area contributed by atoms with E-state index in [0.29, 0.717) is 25.3 Å². The lowest BCUT2D eigenvalue weighted by atomic mass is 10.1. The Bertz CT molecular complexity index is 640. The zero-order valence-corrected chi connectivity index (χ0v) is 13.4. The summed E-state index contributed by atoms with van der Waals surface area (Å²) in [5.41, 5.74) is 0.400. The summed E-state index contributed by atoms with van der Waals surface area (Å²) < 4.78 is 30.5. The van der Waals surface area contributed by atoms with Crippen LogP contribution < -0.4 is 5.32 Å². The molecular weight excluding hydrogens is 316 g/mol. The SMILES string of the molecule is CN(C)S(=O)(=O)c1cc(NC(=O)C2CCOC2)ccc1Cl. The Morgan fingerprint density at radius 1 is 1.43 bits per heavy atom. The number of hydrogen-bond acceptors (Lipinski definition) is 4. The van der Waals surface area contributed by atoms with Gasteiger partial charge in [-0.2, -0.15) is 0 Å². The van der Waals surface area contributed by atoms with Crippen LogP contribution in [0.1, 0.15) is 6.42 Å². The van der Waals surface area contributed by atoms with E-state index in [9.17, 15) is 13.2 Å². The highest BCUT2D eigenvalue weighted by Gasteiger charge is 2.25. The lowest BCUT2D eigenvalue weighted by Crippen LogP contribution is -2.24. The van der Waals surface area contributed by atoms with Crippen LogP contribution in [-0.4, -0.2) is 45.9 Å². The third kappa shape index (κ3) is 3.55. The molecular formula is C13H17ClN2O4S. The Hall–Kier alpha value is -1.15. The number of carbonyl (C=O) groups excluding carboxylic acids is 1. The summed E-state index contributed by atoms with van der Waals surface area (Å²) in [6, 6.07) is 4.40. The number of anilines is 1. The van der Waals surface area contributed by atoms with E-state index in [4.69, 9.17) is 16.3 Å². The summed E-state index contributed by atoms with van der Waals surface area (Å²) in [6.07, 6.45) is 0.669. The normalized spacial score (nSPS) is 19.0. The molecule has 116 valence electrons. The Morgan fingerprint density at radius 2 is 2.14 bits per heavy atom. The highest BCUT2D eigenvalue weighted by Crippen LogP contribution is 2.27. The number of hydrogen-bond donors (Lipinski definition) is 1. The monoisotopic (exact) mass is 332 g/mol. The molecule has 1 unspecified atom stereocenters. The molecule has 0 spiro atoms. The molecule has 1 atom stereocenters.